The molecule has 26 heavy (non-hydrogen) atoms. The molecule has 1 fully saturated rings. The third kappa shape index (κ3) is 5.25. The molecule has 0 spiro atoms. The first-order chi connectivity index (χ1) is 12.5. The molecule has 0 aliphatic carbocycles. The van der Waals surface area contributed by atoms with E-state index >= 15 is 0 Å². The summed E-state index contributed by atoms with van der Waals surface area (Å²) in [6.45, 7) is 10.7. The van der Waals surface area contributed by atoms with Crippen LogP contribution in [0.25, 0.3) is 0 Å². The third-order valence-corrected chi connectivity index (χ3v) is 5.91. The zero-order valence-electron chi connectivity index (χ0n) is 16.4. The Hall–Kier alpha value is -1.50. The number of esters is 1. The summed E-state index contributed by atoms with van der Waals surface area (Å²) >= 11 is 1.52. The lowest BCUT2D eigenvalue weighted by Gasteiger charge is -2.30. The van der Waals surface area contributed by atoms with Gasteiger partial charge in [-0.2, -0.15) is 0 Å². The average Bonchev–Trinajstić information content (AvgIpc) is 2.92. The Balaban J connectivity index is 1.86. The molecule has 2 rings (SSSR count). The first-order valence-corrected chi connectivity index (χ1v) is 10.6. The van der Waals surface area contributed by atoms with Crippen LogP contribution in [0.1, 0.15) is 50.9 Å². The summed E-state index contributed by atoms with van der Waals surface area (Å²) in [5, 5.41) is 0.934. The van der Waals surface area contributed by atoms with Crippen molar-refractivity contribution in [3.8, 4) is 0 Å². The molecular formula is C19H31N3O3S. The van der Waals surface area contributed by atoms with E-state index in [9.17, 15) is 9.59 Å². The molecule has 1 aromatic heterocycles. The van der Waals surface area contributed by atoms with Crippen molar-refractivity contribution in [2.24, 2.45) is 5.92 Å². The molecule has 1 amide bonds. The number of aryl methyl sites for hydroxylation is 1. The van der Waals surface area contributed by atoms with Crippen molar-refractivity contribution >= 4 is 23.6 Å². The van der Waals surface area contributed by atoms with Gasteiger partial charge in [0.15, 0.2) is 5.16 Å². The van der Waals surface area contributed by atoms with Gasteiger partial charge < -0.3 is 14.2 Å². The van der Waals surface area contributed by atoms with Crippen molar-refractivity contribution in [3.05, 3.63) is 11.4 Å². The molecule has 0 bridgehead atoms. The molecular weight excluding hydrogens is 350 g/mol. The highest BCUT2D eigenvalue weighted by atomic mass is 32.2. The number of aromatic nitrogens is 2. The van der Waals surface area contributed by atoms with Crippen molar-refractivity contribution in [1.82, 2.24) is 14.5 Å². The lowest BCUT2D eigenvalue weighted by molar-refractivity contribution is -0.151. The molecule has 2 heterocycles. The Morgan fingerprint density at radius 1 is 1.23 bits per heavy atom. The van der Waals surface area contributed by atoms with E-state index in [2.05, 4.69) is 23.4 Å². The number of unbranched alkanes of at least 4 members (excludes halogenated alkanes) is 1. The van der Waals surface area contributed by atoms with Crippen LogP contribution in [0, 0.1) is 19.8 Å². The van der Waals surface area contributed by atoms with Crippen LogP contribution in [0.3, 0.4) is 0 Å². The fourth-order valence-corrected chi connectivity index (χ4v) is 4.18. The lowest BCUT2D eigenvalue weighted by Crippen LogP contribution is -2.41. The van der Waals surface area contributed by atoms with Crippen LogP contribution in [0.4, 0.5) is 0 Å². The van der Waals surface area contributed by atoms with Crippen molar-refractivity contribution in [3.63, 3.8) is 0 Å². The minimum atomic E-state index is -0.127. The van der Waals surface area contributed by atoms with Crippen LogP contribution in [0.5, 0.6) is 0 Å². The summed E-state index contributed by atoms with van der Waals surface area (Å²) in [5.41, 5.74) is 2.22. The molecule has 6 nitrogen and oxygen atoms in total. The molecule has 0 atom stereocenters. The predicted molar refractivity (Wildman–Crippen MR) is 103 cm³/mol. The average molecular weight is 382 g/mol. The minimum Gasteiger partial charge on any atom is -0.466 e. The molecule has 1 aliphatic heterocycles. The van der Waals surface area contributed by atoms with E-state index in [1.807, 2.05) is 18.7 Å². The van der Waals surface area contributed by atoms with Gasteiger partial charge in [-0.15, -0.1) is 0 Å². The summed E-state index contributed by atoms with van der Waals surface area (Å²) in [5.74, 6) is 0.326. The molecule has 1 aliphatic rings. The Labute approximate surface area is 160 Å². The topological polar surface area (TPSA) is 64.4 Å². The zero-order chi connectivity index (χ0) is 19.1. The van der Waals surface area contributed by atoms with E-state index in [1.54, 1.807) is 0 Å². The third-order valence-electron chi connectivity index (χ3n) is 4.95. The van der Waals surface area contributed by atoms with Crippen molar-refractivity contribution in [2.45, 2.75) is 65.1 Å². The van der Waals surface area contributed by atoms with Crippen molar-refractivity contribution in [2.75, 3.05) is 25.4 Å². The fourth-order valence-electron chi connectivity index (χ4n) is 3.16. The molecule has 0 N–H and O–H groups in total. The van der Waals surface area contributed by atoms with E-state index in [0.29, 0.717) is 38.3 Å². The molecule has 0 saturated carbocycles. The number of nitrogens with zero attached hydrogens (tertiary/aromatic N) is 3. The van der Waals surface area contributed by atoms with Gasteiger partial charge in [0.1, 0.15) is 0 Å². The number of thioether (sulfide) groups is 1. The van der Waals surface area contributed by atoms with Gasteiger partial charge in [-0.05, 0) is 40.0 Å². The number of carbonyl (C=O) groups is 2. The van der Waals surface area contributed by atoms with Gasteiger partial charge in [0.25, 0.3) is 0 Å². The largest absolute Gasteiger partial charge is 0.466 e. The van der Waals surface area contributed by atoms with E-state index in [-0.39, 0.29) is 17.8 Å². The number of amides is 1. The maximum atomic E-state index is 12.5. The highest BCUT2D eigenvalue weighted by molar-refractivity contribution is 7.99. The van der Waals surface area contributed by atoms with Gasteiger partial charge >= 0.3 is 5.97 Å². The van der Waals surface area contributed by atoms with Gasteiger partial charge in [-0.25, -0.2) is 4.98 Å². The number of hydrogen-bond acceptors (Lipinski definition) is 5. The number of carbonyl (C=O) groups excluding carboxylic acids is 2. The number of imidazole rings is 1. The standard InChI is InChI=1S/C19H31N3O3S/c1-5-7-10-22-15(4)14(3)20-19(22)26-13-17(23)21-11-8-16(9-12-21)18(24)25-6-2/h16H,5-13H2,1-4H3. The summed E-state index contributed by atoms with van der Waals surface area (Å²) < 4.78 is 7.31. The number of likely N-dealkylation sites (tertiary alicyclic amines) is 1. The number of piperidine rings is 1. The molecule has 0 aromatic carbocycles. The highest BCUT2D eigenvalue weighted by Crippen LogP contribution is 2.24. The molecule has 0 radical (unpaired) electrons. The normalized spacial score (nSPS) is 15.3. The SMILES string of the molecule is CCCCn1c(SCC(=O)N2CCC(C(=O)OCC)CC2)nc(C)c1C. The van der Waals surface area contributed by atoms with Gasteiger partial charge in [0.05, 0.1) is 24.0 Å². The maximum Gasteiger partial charge on any atom is 0.309 e. The first kappa shape index (κ1) is 20.8. The Kier molecular flexibility index (Phi) is 8.00. The quantitative estimate of drug-likeness (QED) is 0.511. The van der Waals surface area contributed by atoms with E-state index in [0.717, 1.165) is 30.2 Å². The van der Waals surface area contributed by atoms with Crippen LogP contribution >= 0.6 is 11.8 Å². The molecule has 1 aromatic rings. The zero-order valence-corrected chi connectivity index (χ0v) is 17.2. The predicted octanol–water partition coefficient (Wildman–Crippen LogP) is 3.19. The summed E-state index contributed by atoms with van der Waals surface area (Å²) in [6, 6.07) is 0. The Morgan fingerprint density at radius 3 is 2.54 bits per heavy atom. The van der Waals surface area contributed by atoms with Gasteiger partial charge in [0.2, 0.25) is 5.91 Å². The van der Waals surface area contributed by atoms with Crippen LogP contribution in [0.15, 0.2) is 5.16 Å². The number of ether oxygens (including phenoxy) is 1. The van der Waals surface area contributed by atoms with E-state index < -0.39 is 0 Å². The van der Waals surface area contributed by atoms with Crippen molar-refractivity contribution in [1.29, 1.82) is 0 Å². The second-order valence-electron chi connectivity index (χ2n) is 6.77. The van der Waals surface area contributed by atoms with Crippen molar-refractivity contribution < 1.29 is 14.3 Å². The summed E-state index contributed by atoms with van der Waals surface area (Å²) in [7, 11) is 0. The van der Waals surface area contributed by atoms with Gasteiger partial charge in [-0.1, -0.05) is 25.1 Å². The van der Waals surface area contributed by atoms with E-state index in [1.165, 1.54) is 17.5 Å². The van der Waals surface area contributed by atoms with Crippen LogP contribution in [-0.2, 0) is 20.9 Å². The van der Waals surface area contributed by atoms with Crippen LogP contribution in [-0.4, -0.2) is 51.8 Å². The molecule has 146 valence electrons. The van der Waals surface area contributed by atoms with Gasteiger partial charge in [0, 0.05) is 25.3 Å². The second-order valence-corrected chi connectivity index (χ2v) is 7.71. The molecule has 1 saturated heterocycles. The smallest absolute Gasteiger partial charge is 0.309 e. The first-order valence-electron chi connectivity index (χ1n) is 9.58. The highest BCUT2D eigenvalue weighted by Gasteiger charge is 2.28. The van der Waals surface area contributed by atoms with Gasteiger partial charge in [-0.3, -0.25) is 9.59 Å². The monoisotopic (exact) mass is 381 g/mol. The lowest BCUT2D eigenvalue weighted by atomic mass is 9.97. The molecule has 7 heteroatoms. The van der Waals surface area contributed by atoms with Crippen LogP contribution in [0.2, 0.25) is 0 Å². The Morgan fingerprint density at radius 2 is 1.92 bits per heavy atom. The molecule has 0 unspecified atom stereocenters. The summed E-state index contributed by atoms with van der Waals surface area (Å²) in [6.07, 6.45) is 3.63. The maximum absolute atomic E-state index is 12.5. The summed E-state index contributed by atoms with van der Waals surface area (Å²) in [4.78, 5) is 30.8. The number of rotatable bonds is 8. The minimum absolute atomic E-state index is 0.0649. The number of hydrogen-bond donors (Lipinski definition) is 0. The fraction of sp³-hybridized carbons (Fsp3) is 0.737. The van der Waals surface area contributed by atoms with Crippen LogP contribution < -0.4 is 0 Å². The Bertz CT molecular complexity index is 622. The second kappa shape index (κ2) is 10.00. The van der Waals surface area contributed by atoms with E-state index in [4.69, 9.17) is 4.74 Å².